The molecule has 0 aliphatic carbocycles. The Kier molecular flexibility index (Phi) is 3.07. The first-order chi connectivity index (χ1) is 7.19. The molecular formula is C11H19N3O. The fraction of sp³-hybridized carbons (Fsp3) is 0.727. The van der Waals surface area contributed by atoms with Crippen molar-refractivity contribution in [1.29, 1.82) is 0 Å². The van der Waals surface area contributed by atoms with Crippen LogP contribution in [-0.2, 0) is 20.0 Å². The number of rotatable bonds is 3. The highest BCUT2D eigenvalue weighted by molar-refractivity contribution is 5.10. The maximum Gasteiger partial charge on any atom is 0.0679 e. The molecule has 2 rings (SSSR count). The molecule has 0 radical (unpaired) electrons. The van der Waals surface area contributed by atoms with E-state index in [1.54, 1.807) is 0 Å². The minimum atomic E-state index is -0.135. The Bertz CT molecular complexity index is 335. The normalized spacial score (nSPS) is 22.5. The van der Waals surface area contributed by atoms with Crippen LogP contribution < -0.4 is 0 Å². The fourth-order valence-corrected chi connectivity index (χ4v) is 2.08. The molecule has 1 aromatic rings. The Labute approximate surface area is 90.5 Å². The molecule has 1 aromatic heterocycles. The molecule has 1 saturated heterocycles. The van der Waals surface area contributed by atoms with Gasteiger partial charge in [-0.2, -0.15) is 5.10 Å². The Hall–Kier alpha value is -0.870. The van der Waals surface area contributed by atoms with Gasteiger partial charge in [0.25, 0.3) is 0 Å². The predicted octanol–water partition coefficient (Wildman–Crippen LogP) is 0.549. The van der Waals surface area contributed by atoms with E-state index in [1.807, 2.05) is 11.7 Å². The highest BCUT2D eigenvalue weighted by Gasteiger charge is 2.21. The van der Waals surface area contributed by atoms with E-state index < -0.39 is 0 Å². The van der Waals surface area contributed by atoms with Crippen molar-refractivity contribution in [3.63, 3.8) is 0 Å². The standard InChI is InChI=1S/C11H19N3O/c1-3-9-6-10(13(2)12-9)7-14-5-4-11(15)8-14/h6,11,15H,3-5,7-8H2,1-2H3/t11-/m0/s1. The van der Waals surface area contributed by atoms with Gasteiger partial charge in [0.1, 0.15) is 0 Å². The van der Waals surface area contributed by atoms with Crippen molar-refractivity contribution in [3.05, 3.63) is 17.5 Å². The van der Waals surface area contributed by atoms with Crippen LogP contribution in [0.25, 0.3) is 0 Å². The van der Waals surface area contributed by atoms with Crippen LogP contribution in [0, 0.1) is 0 Å². The Morgan fingerprint density at radius 2 is 2.40 bits per heavy atom. The molecule has 2 heterocycles. The van der Waals surface area contributed by atoms with Crippen LogP contribution in [0.2, 0.25) is 0 Å². The molecule has 84 valence electrons. The predicted molar refractivity (Wildman–Crippen MR) is 58.5 cm³/mol. The summed E-state index contributed by atoms with van der Waals surface area (Å²) in [5.74, 6) is 0. The van der Waals surface area contributed by atoms with Crippen LogP contribution in [0.3, 0.4) is 0 Å². The van der Waals surface area contributed by atoms with Crippen LogP contribution in [-0.4, -0.2) is 39.0 Å². The molecular weight excluding hydrogens is 190 g/mol. The minimum Gasteiger partial charge on any atom is -0.392 e. The number of β-amino-alcohol motifs (C(OH)–C–C–N with tert-alkyl or cyclic N) is 1. The van der Waals surface area contributed by atoms with Crippen molar-refractivity contribution in [2.45, 2.75) is 32.4 Å². The van der Waals surface area contributed by atoms with Crippen LogP contribution in [0.4, 0.5) is 0 Å². The fourth-order valence-electron chi connectivity index (χ4n) is 2.08. The highest BCUT2D eigenvalue weighted by atomic mass is 16.3. The molecule has 4 heteroatoms. The van der Waals surface area contributed by atoms with Gasteiger partial charge in [-0.15, -0.1) is 0 Å². The van der Waals surface area contributed by atoms with E-state index >= 15 is 0 Å². The van der Waals surface area contributed by atoms with Gasteiger partial charge in [0.05, 0.1) is 17.5 Å². The SMILES string of the molecule is CCc1cc(CN2CC[C@H](O)C2)n(C)n1. The molecule has 0 saturated carbocycles. The summed E-state index contributed by atoms with van der Waals surface area (Å²) in [6.07, 6.45) is 1.75. The summed E-state index contributed by atoms with van der Waals surface area (Å²) >= 11 is 0. The van der Waals surface area contributed by atoms with Gasteiger partial charge >= 0.3 is 0 Å². The van der Waals surface area contributed by atoms with E-state index in [-0.39, 0.29) is 6.10 Å². The number of hydrogen-bond donors (Lipinski definition) is 1. The summed E-state index contributed by atoms with van der Waals surface area (Å²) in [5.41, 5.74) is 2.38. The van der Waals surface area contributed by atoms with Gasteiger partial charge in [-0.25, -0.2) is 0 Å². The summed E-state index contributed by atoms with van der Waals surface area (Å²) < 4.78 is 1.95. The van der Waals surface area contributed by atoms with Gasteiger partial charge in [0.15, 0.2) is 0 Å². The molecule has 0 bridgehead atoms. The van der Waals surface area contributed by atoms with Gasteiger partial charge in [-0.1, -0.05) is 6.92 Å². The summed E-state index contributed by atoms with van der Waals surface area (Å²) in [6.45, 7) is 4.81. The smallest absolute Gasteiger partial charge is 0.0679 e. The van der Waals surface area contributed by atoms with Crippen molar-refractivity contribution < 1.29 is 5.11 Å². The van der Waals surface area contributed by atoms with Gasteiger partial charge < -0.3 is 5.11 Å². The molecule has 1 N–H and O–H groups in total. The number of aliphatic hydroxyl groups excluding tert-OH is 1. The molecule has 1 fully saturated rings. The maximum atomic E-state index is 9.43. The largest absolute Gasteiger partial charge is 0.392 e. The molecule has 0 spiro atoms. The van der Waals surface area contributed by atoms with E-state index in [0.29, 0.717) is 0 Å². The molecule has 4 nitrogen and oxygen atoms in total. The van der Waals surface area contributed by atoms with Crippen molar-refractivity contribution in [3.8, 4) is 0 Å². The van der Waals surface area contributed by atoms with Crippen molar-refractivity contribution in [1.82, 2.24) is 14.7 Å². The first-order valence-electron chi connectivity index (χ1n) is 5.61. The summed E-state index contributed by atoms with van der Waals surface area (Å²) in [5, 5.41) is 13.9. The number of aliphatic hydroxyl groups is 1. The lowest BCUT2D eigenvalue weighted by atomic mass is 10.3. The van der Waals surface area contributed by atoms with Gasteiger partial charge in [0.2, 0.25) is 0 Å². The second-order valence-electron chi connectivity index (χ2n) is 4.28. The first kappa shape index (κ1) is 10.6. The molecule has 15 heavy (non-hydrogen) atoms. The lowest BCUT2D eigenvalue weighted by Crippen LogP contribution is -2.22. The third-order valence-electron chi connectivity index (χ3n) is 3.02. The zero-order chi connectivity index (χ0) is 10.8. The quantitative estimate of drug-likeness (QED) is 0.790. The van der Waals surface area contributed by atoms with Crippen molar-refractivity contribution >= 4 is 0 Å². The average Bonchev–Trinajstić information content (AvgIpc) is 2.75. The van der Waals surface area contributed by atoms with Crippen LogP contribution in [0.1, 0.15) is 24.7 Å². The van der Waals surface area contributed by atoms with E-state index in [0.717, 1.165) is 38.2 Å². The number of hydrogen-bond acceptors (Lipinski definition) is 3. The van der Waals surface area contributed by atoms with E-state index in [4.69, 9.17) is 0 Å². The Morgan fingerprint density at radius 3 is 2.93 bits per heavy atom. The van der Waals surface area contributed by atoms with E-state index in [2.05, 4.69) is 23.0 Å². The zero-order valence-electron chi connectivity index (χ0n) is 9.48. The molecule has 0 aromatic carbocycles. The summed E-state index contributed by atoms with van der Waals surface area (Å²) in [6, 6.07) is 2.16. The molecule has 0 unspecified atom stereocenters. The van der Waals surface area contributed by atoms with E-state index in [1.165, 1.54) is 5.69 Å². The molecule has 0 amide bonds. The number of likely N-dealkylation sites (tertiary alicyclic amines) is 1. The summed E-state index contributed by atoms with van der Waals surface area (Å²) in [4.78, 5) is 2.28. The van der Waals surface area contributed by atoms with Crippen molar-refractivity contribution in [2.24, 2.45) is 7.05 Å². The third-order valence-corrected chi connectivity index (χ3v) is 3.02. The average molecular weight is 209 g/mol. The second kappa shape index (κ2) is 4.33. The zero-order valence-corrected chi connectivity index (χ0v) is 9.48. The first-order valence-corrected chi connectivity index (χ1v) is 5.61. The van der Waals surface area contributed by atoms with Gasteiger partial charge in [-0.3, -0.25) is 9.58 Å². The number of aromatic nitrogens is 2. The highest BCUT2D eigenvalue weighted by Crippen LogP contribution is 2.13. The molecule has 1 aliphatic heterocycles. The van der Waals surface area contributed by atoms with Crippen molar-refractivity contribution in [2.75, 3.05) is 13.1 Å². The van der Waals surface area contributed by atoms with Crippen LogP contribution >= 0.6 is 0 Å². The Balaban J connectivity index is 2.00. The van der Waals surface area contributed by atoms with Gasteiger partial charge in [-0.05, 0) is 18.9 Å². The lowest BCUT2D eigenvalue weighted by molar-refractivity contribution is 0.174. The minimum absolute atomic E-state index is 0.135. The lowest BCUT2D eigenvalue weighted by Gasteiger charge is -2.14. The van der Waals surface area contributed by atoms with Crippen LogP contribution in [0.5, 0.6) is 0 Å². The second-order valence-corrected chi connectivity index (χ2v) is 4.28. The van der Waals surface area contributed by atoms with E-state index in [9.17, 15) is 5.11 Å². The maximum absolute atomic E-state index is 9.43. The van der Waals surface area contributed by atoms with Crippen LogP contribution in [0.15, 0.2) is 6.07 Å². The topological polar surface area (TPSA) is 41.3 Å². The monoisotopic (exact) mass is 209 g/mol. The number of aryl methyl sites for hydroxylation is 2. The number of nitrogens with zero attached hydrogens (tertiary/aromatic N) is 3. The molecule has 1 atom stereocenters. The molecule has 1 aliphatic rings. The summed E-state index contributed by atoms with van der Waals surface area (Å²) in [7, 11) is 1.99. The van der Waals surface area contributed by atoms with Gasteiger partial charge in [0, 0.05) is 26.7 Å². The Morgan fingerprint density at radius 1 is 1.60 bits per heavy atom. The third kappa shape index (κ3) is 2.38.